The fourth-order valence-electron chi connectivity index (χ4n) is 4.21. The molecule has 2 fully saturated rings. The summed E-state index contributed by atoms with van der Waals surface area (Å²) in [5, 5.41) is 7.58. The molecule has 2 amide bonds. The standard InChI is InChI=1S/C20H26N6O3/c1-3-24(2)19(27)14-7-8-17-16(11-14)26(9-10-29-17)20(28)15-5-4-6-18(23-15)25-12-21-22-13-25/h4-6,12-14,16-17H,3,7-11H2,1-2H3/t14-,16+,17+/m0/s1. The topological polar surface area (TPSA) is 93.5 Å². The normalized spacial score (nSPS) is 24.1. The number of rotatable bonds is 4. The first-order valence-corrected chi connectivity index (χ1v) is 10.1. The van der Waals surface area contributed by atoms with E-state index in [9.17, 15) is 9.59 Å². The van der Waals surface area contributed by atoms with Crippen molar-refractivity contribution in [1.29, 1.82) is 0 Å². The van der Waals surface area contributed by atoms with Crippen LogP contribution in [0.1, 0.15) is 36.7 Å². The quantitative estimate of drug-likeness (QED) is 0.767. The SMILES string of the molecule is CCN(C)C(=O)[C@H]1CC[C@H]2OCCN(C(=O)c3cccc(-n4cnnc4)n3)[C@@H]2C1. The van der Waals surface area contributed by atoms with Crippen LogP contribution in [0.2, 0.25) is 0 Å². The van der Waals surface area contributed by atoms with Crippen LogP contribution in [0, 0.1) is 5.92 Å². The monoisotopic (exact) mass is 398 g/mol. The molecule has 29 heavy (non-hydrogen) atoms. The molecule has 0 bridgehead atoms. The minimum Gasteiger partial charge on any atom is -0.374 e. The number of hydrogen-bond donors (Lipinski definition) is 0. The summed E-state index contributed by atoms with van der Waals surface area (Å²) < 4.78 is 7.60. The average molecular weight is 398 g/mol. The van der Waals surface area contributed by atoms with Gasteiger partial charge in [0.1, 0.15) is 24.2 Å². The largest absolute Gasteiger partial charge is 0.374 e. The first-order chi connectivity index (χ1) is 14.1. The average Bonchev–Trinajstić information content (AvgIpc) is 3.32. The molecule has 3 atom stereocenters. The zero-order chi connectivity index (χ0) is 20.4. The van der Waals surface area contributed by atoms with Gasteiger partial charge in [-0.05, 0) is 38.3 Å². The van der Waals surface area contributed by atoms with E-state index in [0.29, 0.717) is 37.6 Å². The second kappa shape index (κ2) is 8.28. The zero-order valence-electron chi connectivity index (χ0n) is 16.8. The minimum absolute atomic E-state index is 0.0234. The van der Waals surface area contributed by atoms with Crippen molar-refractivity contribution in [3.8, 4) is 5.82 Å². The van der Waals surface area contributed by atoms with Crippen molar-refractivity contribution >= 4 is 11.8 Å². The molecule has 9 heteroatoms. The van der Waals surface area contributed by atoms with Gasteiger partial charge in [-0.25, -0.2) is 4.98 Å². The van der Waals surface area contributed by atoms with E-state index in [1.54, 1.807) is 40.3 Å². The molecule has 0 aromatic carbocycles. The Kier molecular flexibility index (Phi) is 5.57. The van der Waals surface area contributed by atoms with Gasteiger partial charge in [0.25, 0.3) is 5.91 Å². The van der Waals surface area contributed by atoms with Crippen molar-refractivity contribution in [3.05, 3.63) is 36.5 Å². The van der Waals surface area contributed by atoms with Gasteiger partial charge in [-0.15, -0.1) is 10.2 Å². The Balaban J connectivity index is 1.55. The summed E-state index contributed by atoms with van der Waals surface area (Å²) in [5.74, 6) is 0.535. The number of carbonyl (C=O) groups is 2. The van der Waals surface area contributed by atoms with E-state index in [2.05, 4.69) is 15.2 Å². The zero-order valence-corrected chi connectivity index (χ0v) is 16.8. The van der Waals surface area contributed by atoms with Crippen LogP contribution >= 0.6 is 0 Å². The molecule has 154 valence electrons. The number of carbonyl (C=O) groups excluding carboxylic acids is 2. The Labute approximate surface area is 169 Å². The van der Waals surface area contributed by atoms with E-state index < -0.39 is 0 Å². The third-order valence-electron chi connectivity index (χ3n) is 5.92. The van der Waals surface area contributed by atoms with Gasteiger partial charge in [-0.1, -0.05) is 6.07 Å². The van der Waals surface area contributed by atoms with Crippen LogP contribution < -0.4 is 0 Å². The van der Waals surface area contributed by atoms with Crippen LogP contribution in [0.4, 0.5) is 0 Å². The number of fused-ring (bicyclic) bond motifs is 1. The predicted octanol–water partition coefficient (Wildman–Crippen LogP) is 1.15. The Morgan fingerprint density at radius 2 is 2.03 bits per heavy atom. The van der Waals surface area contributed by atoms with Crippen molar-refractivity contribution in [1.82, 2.24) is 29.5 Å². The van der Waals surface area contributed by atoms with Crippen molar-refractivity contribution in [2.45, 2.75) is 38.3 Å². The van der Waals surface area contributed by atoms with Gasteiger partial charge in [0, 0.05) is 26.1 Å². The number of nitrogens with zero attached hydrogens (tertiary/aromatic N) is 6. The Bertz CT molecular complexity index is 871. The van der Waals surface area contributed by atoms with Gasteiger partial charge < -0.3 is 14.5 Å². The highest BCUT2D eigenvalue weighted by Gasteiger charge is 2.42. The fourth-order valence-corrected chi connectivity index (χ4v) is 4.21. The van der Waals surface area contributed by atoms with E-state index in [1.807, 2.05) is 18.9 Å². The lowest BCUT2D eigenvalue weighted by atomic mass is 9.81. The van der Waals surface area contributed by atoms with Crippen LogP contribution in [0.15, 0.2) is 30.9 Å². The number of morpholine rings is 1. The Hall–Kier alpha value is -2.81. The van der Waals surface area contributed by atoms with Gasteiger partial charge in [0.15, 0.2) is 0 Å². The lowest BCUT2D eigenvalue weighted by Crippen LogP contribution is -2.57. The fraction of sp³-hybridized carbons (Fsp3) is 0.550. The van der Waals surface area contributed by atoms with Gasteiger partial charge in [-0.3, -0.25) is 14.2 Å². The summed E-state index contributed by atoms with van der Waals surface area (Å²) in [6.45, 7) is 3.66. The molecular formula is C20H26N6O3. The summed E-state index contributed by atoms with van der Waals surface area (Å²) >= 11 is 0. The molecular weight excluding hydrogens is 372 g/mol. The van der Waals surface area contributed by atoms with Gasteiger partial charge in [-0.2, -0.15) is 0 Å². The third kappa shape index (κ3) is 3.87. The molecule has 1 aliphatic carbocycles. The number of aromatic nitrogens is 4. The molecule has 0 radical (unpaired) electrons. The molecule has 2 aromatic rings. The van der Waals surface area contributed by atoms with E-state index in [4.69, 9.17) is 4.74 Å². The molecule has 1 aliphatic heterocycles. The summed E-state index contributed by atoms with van der Waals surface area (Å²) in [6, 6.07) is 5.22. The van der Waals surface area contributed by atoms with E-state index >= 15 is 0 Å². The highest BCUT2D eigenvalue weighted by molar-refractivity contribution is 5.93. The third-order valence-corrected chi connectivity index (χ3v) is 5.92. The Morgan fingerprint density at radius 3 is 2.79 bits per heavy atom. The van der Waals surface area contributed by atoms with Crippen molar-refractivity contribution < 1.29 is 14.3 Å². The van der Waals surface area contributed by atoms with Crippen LogP contribution in [0.3, 0.4) is 0 Å². The summed E-state index contributed by atoms with van der Waals surface area (Å²) in [6.07, 6.45) is 5.28. The van der Waals surface area contributed by atoms with Crippen LogP contribution in [0.5, 0.6) is 0 Å². The second-order valence-electron chi connectivity index (χ2n) is 7.59. The first-order valence-electron chi connectivity index (χ1n) is 10.1. The molecule has 9 nitrogen and oxygen atoms in total. The maximum Gasteiger partial charge on any atom is 0.272 e. The highest BCUT2D eigenvalue weighted by atomic mass is 16.5. The van der Waals surface area contributed by atoms with Crippen LogP contribution in [-0.2, 0) is 9.53 Å². The molecule has 2 aromatic heterocycles. The summed E-state index contributed by atoms with van der Waals surface area (Å²) in [4.78, 5) is 34.1. The van der Waals surface area contributed by atoms with Crippen molar-refractivity contribution in [3.63, 3.8) is 0 Å². The van der Waals surface area contributed by atoms with E-state index in [-0.39, 0.29) is 29.9 Å². The molecule has 0 N–H and O–H groups in total. The molecule has 4 rings (SSSR count). The van der Waals surface area contributed by atoms with E-state index in [0.717, 1.165) is 12.8 Å². The maximum atomic E-state index is 13.3. The second-order valence-corrected chi connectivity index (χ2v) is 7.59. The van der Waals surface area contributed by atoms with Gasteiger partial charge in [0.2, 0.25) is 5.91 Å². The molecule has 3 heterocycles. The minimum atomic E-state index is -0.129. The number of hydrogen-bond acceptors (Lipinski definition) is 6. The number of ether oxygens (including phenoxy) is 1. The smallest absolute Gasteiger partial charge is 0.272 e. The summed E-state index contributed by atoms with van der Waals surface area (Å²) in [5.41, 5.74) is 0.371. The molecule has 2 aliphatic rings. The molecule has 1 saturated carbocycles. The van der Waals surface area contributed by atoms with Gasteiger partial charge in [0.05, 0.1) is 18.8 Å². The highest BCUT2D eigenvalue weighted by Crippen LogP contribution is 2.33. The number of amides is 2. The van der Waals surface area contributed by atoms with Crippen molar-refractivity contribution in [2.24, 2.45) is 5.92 Å². The summed E-state index contributed by atoms with van der Waals surface area (Å²) in [7, 11) is 1.83. The van der Waals surface area contributed by atoms with Crippen LogP contribution in [-0.4, -0.2) is 80.3 Å². The Morgan fingerprint density at radius 1 is 1.24 bits per heavy atom. The van der Waals surface area contributed by atoms with Crippen LogP contribution in [0.25, 0.3) is 5.82 Å². The molecule has 0 unspecified atom stereocenters. The van der Waals surface area contributed by atoms with Crippen molar-refractivity contribution in [2.75, 3.05) is 26.7 Å². The molecule has 1 saturated heterocycles. The van der Waals surface area contributed by atoms with E-state index in [1.165, 1.54) is 0 Å². The lowest BCUT2D eigenvalue weighted by molar-refractivity contribution is -0.140. The maximum absolute atomic E-state index is 13.3. The molecule has 0 spiro atoms. The predicted molar refractivity (Wildman–Crippen MR) is 104 cm³/mol. The van der Waals surface area contributed by atoms with Gasteiger partial charge >= 0.3 is 0 Å². The lowest BCUT2D eigenvalue weighted by Gasteiger charge is -2.45. The first kappa shape index (κ1) is 19.5. The number of pyridine rings is 1.